The molecule has 0 aliphatic rings. The number of carbonyl (C=O) groups is 1. The van der Waals surface area contributed by atoms with Crippen LogP contribution in [0.25, 0.3) is 0 Å². The number of esters is 1. The first-order chi connectivity index (χ1) is 8.69. The molecule has 0 fully saturated rings. The van der Waals surface area contributed by atoms with Gasteiger partial charge in [0, 0.05) is 11.4 Å². The topological polar surface area (TPSA) is 38.3 Å². The summed E-state index contributed by atoms with van der Waals surface area (Å²) in [5, 5.41) is 3.20. The molecule has 0 amide bonds. The fourth-order valence-corrected chi connectivity index (χ4v) is 1.57. The maximum Gasteiger partial charge on any atom is 0.336 e. The number of anilines is 1. The number of hydrogen-bond donors (Lipinski definition) is 1. The van der Waals surface area contributed by atoms with Crippen LogP contribution in [-0.2, 0) is 9.53 Å². The lowest BCUT2D eigenvalue weighted by molar-refractivity contribution is -0.138. The molecule has 0 radical (unpaired) electrons. The van der Waals surface area contributed by atoms with Gasteiger partial charge >= 0.3 is 5.97 Å². The average molecular weight is 245 g/mol. The summed E-state index contributed by atoms with van der Waals surface area (Å²) in [5.41, 5.74) is 2.34. The number of para-hydroxylation sites is 1. The van der Waals surface area contributed by atoms with Gasteiger partial charge in [-0.3, -0.25) is 0 Å². The second-order valence-corrected chi connectivity index (χ2v) is 3.81. The number of benzene rings is 1. The third kappa shape index (κ3) is 4.09. The highest BCUT2D eigenvalue weighted by molar-refractivity contribution is 5.90. The van der Waals surface area contributed by atoms with E-state index >= 15 is 0 Å². The van der Waals surface area contributed by atoms with E-state index in [-0.39, 0.29) is 5.97 Å². The zero-order valence-corrected chi connectivity index (χ0v) is 10.9. The van der Waals surface area contributed by atoms with Gasteiger partial charge in [-0.1, -0.05) is 24.3 Å². The first-order valence-electron chi connectivity index (χ1n) is 5.98. The molecule has 0 unspecified atom stereocenters. The zero-order valence-electron chi connectivity index (χ0n) is 10.9. The number of nitrogens with one attached hydrogen (secondary N) is 1. The number of carbonyl (C=O) groups excluding carboxylic acids is 1. The molecule has 0 bridgehead atoms. The van der Waals surface area contributed by atoms with Crippen LogP contribution in [0.4, 0.5) is 5.69 Å². The van der Waals surface area contributed by atoms with Crippen molar-refractivity contribution in [3.8, 4) is 0 Å². The van der Waals surface area contributed by atoms with Gasteiger partial charge < -0.3 is 10.1 Å². The fraction of sp³-hybridized carbons (Fsp3) is 0.267. The second-order valence-electron chi connectivity index (χ2n) is 3.81. The van der Waals surface area contributed by atoms with E-state index in [1.54, 1.807) is 13.0 Å². The largest absolute Gasteiger partial charge is 0.463 e. The Morgan fingerprint density at radius 3 is 2.61 bits per heavy atom. The van der Waals surface area contributed by atoms with E-state index in [0.29, 0.717) is 18.6 Å². The van der Waals surface area contributed by atoms with Gasteiger partial charge in [0.25, 0.3) is 0 Å². The first-order valence-corrected chi connectivity index (χ1v) is 5.98. The Balaban J connectivity index is 2.89. The molecule has 18 heavy (non-hydrogen) atoms. The number of hydrogen-bond acceptors (Lipinski definition) is 3. The molecule has 1 N–H and O–H groups in total. The highest BCUT2D eigenvalue weighted by Crippen LogP contribution is 2.15. The Labute approximate surface area is 108 Å². The van der Waals surface area contributed by atoms with Crippen LogP contribution in [0.5, 0.6) is 0 Å². The summed E-state index contributed by atoms with van der Waals surface area (Å²) in [6.07, 6.45) is 2.19. The predicted molar refractivity (Wildman–Crippen MR) is 74.2 cm³/mol. The maximum atomic E-state index is 11.8. The molecule has 0 aliphatic heterocycles. The van der Waals surface area contributed by atoms with Crippen LogP contribution >= 0.6 is 0 Å². The predicted octanol–water partition coefficient (Wildman–Crippen LogP) is 3.51. The van der Waals surface area contributed by atoms with E-state index in [0.717, 1.165) is 11.4 Å². The zero-order chi connectivity index (χ0) is 13.4. The number of rotatable bonds is 6. The Morgan fingerprint density at radius 1 is 1.39 bits per heavy atom. The summed E-state index contributed by atoms with van der Waals surface area (Å²) < 4.78 is 5.03. The van der Waals surface area contributed by atoms with Gasteiger partial charge in [-0.05, 0) is 32.4 Å². The SMILES string of the molecule is C=CCC(C(=O)OCC)=C(C)Nc1ccccc1. The lowest BCUT2D eigenvalue weighted by Crippen LogP contribution is -2.12. The van der Waals surface area contributed by atoms with E-state index in [4.69, 9.17) is 4.74 Å². The van der Waals surface area contributed by atoms with Gasteiger partial charge in [0.2, 0.25) is 0 Å². The monoisotopic (exact) mass is 245 g/mol. The summed E-state index contributed by atoms with van der Waals surface area (Å²) in [6, 6.07) is 9.71. The van der Waals surface area contributed by atoms with E-state index in [1.165, 1.54) is 0 Å². The molecule has 1 rings (SSSR count). The van der Waals surface area contributed by atoms with E-state index in [2.05, 4.69) is 11.9 Å². The third-order valence-corrected chi connectivity index (χ3v) is 2.43. The molecule has 96 valence electrons. The highest BCUT2D eigenvalue weighted by Gasteiger charge is 2.12. The Morgan fingerprint density at radius 2 is 2.06 bits per heavy atom. The third-order valence-electron chi connectivity index (χ3n) is 2.43. The minimum atomic E-state index is -0.293. The second kappa shape index (κ2) is 7.33. The van der Waals surface area contributed by atoms with Gasteiger partial charge in [0.1, 0.15) is 0 Å². The molecule has 0 aliphatic carbocycles. The molecule has 3 nitrogen and oxygen atoms in total. The smallest absolute Gasteiger partial charge is 0.336 e. The number of ether oxygens (including phenoxy) is 1. The van der Waals surface area contributed by atoms with Crippen molar-refractivity contribution >= 4 is 11.7 Å². The Bertz CT molecular complexity index is 435. The van der Waals surface area contributed by atoms with Gasteiger partial charge in [-0.2, -0.15) is 0 Å². The van der Waals surface area contributed by atoms with Crippen LogP contribution < -0.4 is 5.32 Å². The summed E-state index contributed by atoms with van der Waals surface area (Å²) >= 11 is 0. The molecule has 0 aromatic heterocycles. The van der Waals surface area contributed by atoms with E-state index in [1.807, 2.05) is 37.3 Å². The van der Waals surface area contributed by atoms with Crippen LogP contribution in [0.3, 0.4) is 0 Å². The standard InChI is InChI=1S/C15H19NO2/c1-4-9-14(15(17)18-5-2)12(3)16-13-10-7-6-8-11-13/h4,6-8,10-11,16H,1,5,9H2,2-3H3. The molecule has 0 saturated carbocycles. The summed E-state index contributed by atoms with van der Waals surface area (Å²) in [6.45, 7) is 7.69. The van der Waals surface area contributed by atoms with Crippen LogP contribution in [0.2, 0.25) is 0 Å². The molecule has 1 aromatic rings. The molecule has 0 heterocycles. The normalized spacial score (nSPS) is 11.4. The molecular formula is C15H19NO2. The van der Waals surface area contributed by atoms with Crippen LogP contribution in [0, 0.1) is 0 Å². The Kier molecular flexibility index (Phi) is 5.71. The first kappa shape index (κ1) is 14.0. The molecule has 0 spiro atoms. The maximum absolute atomic E-state index is 11.8. The molecule has 0 saturated heterocycles. The highest BCUT2D eigenvalue weighted by atomic mass is 16.5. The van der Waals surface area contributed by atoms with Crippen molar-refractivity contribution in [2.24, 2.45) is 0 Å². The van der Waals surface area contributed by atoms with Gasteiger partial charge in [0.15, 0.2) is 0 Å². The van der Waals surface area contributed by atoms with Gasteiger partial charge in [0.05, 0.1) is 12.2 Å². The Hall–Kier alpha value is -2.03. The quantitative estimate of drug-likeness (QED) is 0.473. The minimum absolute atomic E-state index is 0.293. The minimum Gasteiger partial charge on any atom is -0.463 e. The van der Waals surface area contributed by atoms with E-state index < -0.39 is 0 Å². The molecular weight excluding hydrogens is 226 g/mol. The average Bonchev–Trinajstić information content (AvgIpc) is 2.37. The molecule has 0 atom stereocenters. The molecule has 3 heteroatoms. The van der Waals surface area contributed by atoms with Crippen LogP contribution in [-0.4, -0.2) is 12.6 Å². The number of allylic oxidation sites excluding steroid dienone is 2. The van der Waals surface area contributed by atoms with Crippen molar-refractivity contribution in [2.45, 2.75) is 20.3 Å². The molecule has 1 aromatic carbocycles. The van der Waals surface area contributed by atoms with Crippen LogP contribution in [0.15, 0.2) is 54.3 Å². The lowest BCUT2D eigenvalue weighted by Gasteiger charge is -2.12. The lowest BCUT2D eigenvalue weighted by atomic mass is 10.1. The van der Waals surface area contributed by atoms with Crippen molar-refractivity contribution in [2.75, 3.05) is 11.9 Å². The van der Waals surface area contributed by atoms with E-state index in [9.17, 15) is 4.79 Å². The van der Waals surface area contributed by atoms with Crippen molar-refractivity contribution < 1.29 is 9.53 Å². The van der Waals surface area contributed by atoms with Crippen molar-refractivity contribution in [1.82, 2.24) is 0 Å². The summed E-state index contributed by atoms with van der Waals surface area (Å²) in [4.78, 5) is 11.8. The van der Waals surface area contributed by atoms with Crippen molar-refractivity contribution in [3.63, 3.8) is 0 Å². The van der Waals surface area contributed by atoms with Gasteiger partial charge in [-0.15, -0.1) is 6.58 Å². The summed E-state index contributed by atoms with van der Waals surface area (Å²) in [7, 11) is 0. The van der Waals surface area contributed by atoms with Crippen molar-refractivity contribution in [1.29, 1.82) is 0 Å². The fourth-order valence-electron chi connectivity index (χ4n) is 1.57. The van der Waals surface area contributed by atoms with Crippen LogP contribution in [0.1, 0.15) is 20.3 Å². The summed E-state index contributed by atoms with van der Waals surface area (Å²) in [5.74, 6) is -0.293. The van der Waals surface area contributed by atoms with Gasteiger partial charge in [-0.25, -0.2) is 4.79 Å². The van der Waals surface area contributed by atoms with Crippen molar-refractivity contribution in [3.05, 3.63) is 54.3 Å².